The fourth-order valence-corrected chi connectivity index (χ4v) is 3.25. The highest BCUT2D eigenvalue weighted by Gasteiger charge is 2.15. The van der Waals surface area contributed by atoms with E-state index in [4.69, 9.17) is 0 Å². The van der Waals surface area contributed by atoms with Crippen LogP contribution in [0.2, 0.25) is 0 Å². The van der Waals surface area contributed by atoms with Crippen molar-refractivity contribution in [1.82, 2.24) is 5.32 Å². The van der Waals surface area contributed by atoms with E-state index in [9.17, 15) is 0 Å². The van der Waals surface area contributed by atoms with E-state index in [-0.39, 0.29) is 0 Å². The number of hydrogen-bond acceptors (Lipinski definition) is 2. The summed E-state index contributed by atoms with van der Waals surface area (Å²) in [6.45, 7) is 6.82. The third kappa shape index (κ3) is 3.26. The normalized spacial score (nSPS) is 21.3. The summed E-state index contributed by atoms with van der Waals surface area (Å²) >= 11 is 2.07. The molecule has 1 saturated heterocycles. The Morgan fingerprint density at radius 2 is 2.06 bits per heavy atom. The van der Waals surface area contributed by atoms with Gasteiger partial charge in [-0.05, 0) is 23.5 Å². The van der Waals surface area contributed by atoms with Gasteiger partial charge in [0.15, 0.2) is 0 Å². The zero-order chi connectivity index (χ0) is 11.4. The number of thioether (sulfide) groups is 1. The first-order chi connectivity index (χ1) is 7.75. The van der Waals surface area contributed by atoms with Gasteiger partial charge in [0.05, 0.1) is 0 Å². The SMILES string of the molecule is CC(C)Cc1ccc(C2CNCCS2)cc1. The molecular formula is C14H21NS. The molecule has 1 aliphatic rings. The Kier molecular flexibility index (Phi) is 4.30. The third-order valence-corrected chi connectivity index (χ3v) is 4.20. The van der Waals surface area contributed by atoms with E-state index in [0.717, 1.165) is 19.0 Å². The Balaban J connectivity index is 2.00. The molecule has 1 N–H and O–H groups in total. The summed E-state index contributed by atoms with van der Waals surface area (Å²) in [4.78, 5) is 0. The lowest BCUT2D eigenvalue weighted by atomic mass is 10.0. The van der Waals surface area contributed by atoms with Crippen LogP contribution in [0.15, 0.2) is 24.3 Å². The lowest BCUT2D eigenvalue weighted by molar-refractivity contribution is 0.646. The number of benzene rings is 1. The Hall–Kier alpha value is -0.470. The molecule has 16 heavy (non-hydrogen) atoms. The Morgan fingerprint density at radius 3 is 2.62 bits per heavy atom. The van der Waals surface area contributed by atoms with Gasteiger partial charge in [-0.3, -0.25) is 0 Å². The Labute approximate surface area is 103 Å². The van der Waals surface area contributed by atoms with Crippen molar-refractivity contribution in [1.29, 1.82) is 0 Å². The predicted octanol–water partition coefficient (Wildman–Crippen LogP) is 3.26. The van der Waals surface area contributed by atoms with Crippen LogP contribution in [0.4, 0.5) is 0 Å². The summed E-state index contributed by atoms with van der Waals surface area (Å²) in [5.74, 6) is 1.98. The van der Waals surface area contributed by atoms with Crippen LogP contribution < -0.4 is 5.32 Å². The first-order valence-corrected chi connectivity index (χ1v) is 7.22. The second kappa shape index (κ2) is 5.74. The van der Waals surface area contributed by atoms with Crippen LogP contribution in [-0.2, 0) is 6.42 Å². The summed E-state index contributed by atoms with van der Waals surface area (Å²) in [5.41, 5.74) is 2.94. The van der Waals surface area contributed by atoms with Gasteiger partial charge < -0.3 is 5.32 Å². The van der Waals surface area contributed by atoms with Gasteiger partial charge in [0, 0.05) is 24.1 Å². The van der Waals surface area contributed by atoms with Crippen molar-refractivity contribution in [2.75, 3.05) is 18.8 Å². The maximum atomic E-state index is 3.46. The molecule has 88 valence electrons. The van der Waals surface area contributed by atoms with Crippen molar-refractivity contribution in [3.05, 3.63) is 35.4 Å². The van der Waals surface area contributed by atoms with E-state index >= 15 is 0 Å². The van der Waals surface area contributed by atoms with Crippen LogP contribution in [-0.4, -0.2) is 18.8 Å². The molecule has 0 aromatic heterocycles. The smallest absolute Gasteiger partial charge is 0.0422 e. The van der Waals surface area contributed by atoms with Gasteiger partial charge in [-0.1, -0.05) is 38.1 Å². The molecule has 1 nitrogen and oxygen atoms in total. The van der Waals surface area contributed by atoms with E-state index in [1.807, 2.05) is 0 Å². The molecule has 0 spiro atoms. The van der Waals surface area contributed by atoms with Crippen molar-refractivity contribution in [2.45, 2.75) is 25.5 Å². The minimum absolute atomic E-state index is 0.654. The van der Waals surface area contributed by atoms with E-state index in [1.54, 1.807) is 0 Å². The highest BCUT2D eigenvalue weighted by molar-refractivity contribution is 7.99. The van der Waals surface area contributed by atoms with Gasteiger partial charge in [-0.2, -0.15) is 11.8 Å². The first-order valence-electron chi connectivity index (χ1n) is 6.17. The number of rotatable bonds is 3. The quantitative estimate of drug-likeness (QED) is 0.863. The van der Waals surface area contributed by atoms with Crippen LogP contribution in [0, 0.1) is 5.92 Å². The molecule has 1 atom stereocenters. The van der Waals surface area contributed by atoms with E-state index < -0.39 is 0 Å². The maximum Gasteiger partial charge on any atom is 0.0422 e. The highest BCUT2D eigenvalue weighted by atomic mass is 32.2. The monoisotopic (exact) mass is 235 g/mol. The minimum Gasteiger partial charge on any atom is -0.314 e. The summed E-state index contributed by atoms with van der Waals surface area (Å²) in [6.07, 6.45) is 1.19. The molecule has 1 aliphatic heterocycles. The molecule has 1 heterocycles. The van der Waals surface area contributed by atoms with Crippen molar-refractivity contribution in [3.63, 3.8) is 0 Å². The van der Waals surface area contributed by atoms with E-state index in [2.05, 4.69) is 55.2 Å². The van der Waals surface area contributed by atoms with Gasteiger partial charge in [0.25, 0.3) is 0 Å². The second-order valence-corrected chi connectivity index (χ2v) is 6.21. The standard InChI is InChI=1S/C14H21NS/c1-11(2)9-12-3-5-13(6-4-12)14-10-15-7-8-16-14/h3-6,11,14-15H,7-10H2,1-2H3. The third-order valence-electron chi connectivity index (χ3n) is 2.92. The fraction of sp³-hybridized carbons (Fsp3) is 0.571. The lowest BCUT2D eigenvalue weighted by Crippen LogP contribution is -2.28. The Bertz CT molecular complexity index is 312. The largest absolute Gasteiger partial charge is 0.314 e. The number of nitrogens with one attached hydrogen (secondary N) is 1. The van der Waals surface area contributed by atoms with Crippen LogP contribution in [0.25, 0.3) is 0 Å². The molecular weight excluding hydrogens is 214 g/mol. The molecule has 1 aromatic rings. The predicted molar refractivity (Wildman–Crippen MR) is 73.1 cm³/mol. The van der Waals surface area contributed by atoms with Gasteiger partial charge in [-0.15, -0.1) is 0 Å². The molecule has 1 fully saturated rings. The summed E-state index contributed by atoms with van der Waals surface area (Å²) < 4.78 is 0. The maximum absolute atomic E-state index is 3.46. The first kappa shape index (κ1) is 12.0. The van der Waals surface area contributed by atoms with Crippen molar-refractivity contribution < 1.29 is 0 Å². The van der Waals surface area contributed by atoms with Crippen molar-refractivity contribution in [2.24, 2.45) is 5.92 Å². The lowest BCUT2D eigenvalue weighted by Gasteiger charge is -2.22. The van der Waals surface area contributed by atoms with Gasteiger partial charge in [0.2, 0.25) is 0 Å². The fourth-order valence-electron chi connectivity index (χ4n) is 2.12. The Morgan fingerprint density at radius 1 is 1.31 bits per heavy atom. The van der Waals surface area contributed by atoms with Gasteiger partial charge in [-0.25, -0.2) is 0 Å². The second-order valence-electron chi connectivity index (χ2n) is 4.90. The topological polar surface area (TPSA) is 12.0 Å². The molecule has 1 unspecified atom stereocenters. The van der Waals surface area contributed by atoms with Crippen molar-refractivity contribution >= 4 is 11.8 Å². The number of hydrogen-bond donors (Lipinski definition) is 1. The molecule has 2 rings (SSSR count). The highest BCUT2D eigenvalue weighted by Crippen LogP contribution is 2.30. The molecule has 0 saturated carbocycles. The molecule has 1 aromatic carbocycles. The summed E-state index contributed by atoms with van der Waals surface area (Å²) in [7, 11) is 0. The van der Waals surface area contributed by atoms with Crippen LogP contribution in [0.1, 0.15) is 30.2 Å². The molecule has 0 bridgehead atoms. The van der Waals surface area contributed by atoms with Gasteiger partial charge >= 0.3 is 0 Å². The zero-order valence-electron chi connectivity index (χ0n) is 10.2. The molecule has 0 amide bonds. The zero-order valence-corrected chi connectivity index (χ0v) is 11.0. The van der Waals surface area contributed by atoms with E-state index in [1.165, 1.54) is 23.3 Å². The molecule has 0 radical (unpaired) electrons. The average Bonchev–Trinajstić information content (AvgIpc) is 2.30. The molecule has 0 aliphatic carbocycles. The van der Waals surface area contributed by atoms with Crippen LogP contribution in [0.5, 0.6) is 0 Å². The average molecular weight is 235 g/mol. The summed E-state index contributed by atoms with van der Waals surface area (Å²) in [6, 6.07) is 9.21. The van der Waals surface area contributed by atoms with Crippen LogP contribution >= 0.6 is 11.8 Å². The van der Waals surface area contributed by atoms with E-state index in [0.29, 0.717) is 5.25 Å². The van der Waals surface area contributed by atoms with Gasteiger partial charge in [0.1, 0.15) is 0 Å². The minimum atomic E-state index is 0.654. The molecule has 2 heteroatoms. The summed E-state index contributed by atoms with van der Waals surface area (Å²) in [5, 5.41) is 4.11. The van der Waals surface area contributed by atoms with Crippen molar-refractivity contribution in [3.8, 4) is 0 Å². The van der Waals surface area contributed by atoms with Crippen LogP contribution in [0.3, 0.4) is 0 Å².